The Hall–Kier alpha value is -3.03. The molecule has 1 atom stereocenters. The summed E-state index contributed by atoms with van der Waals surface area (Å²) >= 11 is 6.22. The molecule has 0 aromatic heterocycles. The second-order valence-corrected chi connectivity index (χ2v) is 8.18. The lowest BCUT2D eigenvalue weighted by Gasteiger charge is -2.26. The van der Waals surface area contributed by atoms with Crippen LogP contribution in [-0.4, -0.2) is 68.0 Å². The first-order valence-corrected chi connectivity index (χ1v) is 10.6. The number of amides is 1. The highest BCUT2D eigenvalue weighted by atomic mass is 35.5. The number of methoxy groups -OCH3 is 2. The Morgan fingerprint density at radius 1 is 1.12 bits per heavy atom. The molecule has 0 spiro atoms. The smallest absolute Gasteiger partial charge is 0.295 e. The van der Waals surface area contributed by atoms with Crippen molar-refractivity contribution in [3.8, 4) is 11.5 Å². The third-order valence-electron chi connectivity index (χ3n) is 5.38. The van der Waals surface area contributed by atoms with Crippen LogP contribution in [0, 0.1) is 0 Å². The summed E-state index contributed by atoms with van der Waals surface area (Å²) in [7, 11) is 6.93. The van der Waals surface area contributed by atoms with Crippen molar-refractivity contribution in [3.05, 3.63) is 64.2 Å². The molecule has 1 heterocycles. The van der Waals surface area contributed by atoms with Crippen molar-refractivity contribution in [2.75, 3.05) is 41.4 Å². The number of hydrogen-bond acceptors (Lipinski definition) is 6. The fourth-order valence-electron chi connectivity index (χ4n) is 3.80. The van der Waals surface area contributed by atoms with Crippen LogP contribution in [0.2, 0.25) is 5.02 Å². The van der Waals surface area contributed by atoms with E-state index in [0.29, 0.717) is 35.6 Å². The molecular weight excluding hydrogens is 432 g/mol. The van der Waals surface area contributed by atoms with Gasteiger partial charge in [-0.15, -0.1) is 0 Å². The van der Waals surface area contributed by atoms with Crippen molar-refractivity contribution in [1.29, 1.82) is 0 Å². The fourth-order valence-corrected chi connectivity index (χ4v) is 4.05. The summed E-state index contributed by atoms with van der Waals surface area (Å²) in [5.41, 5.74) is 1.03. The molecule has 0 saturated carbocycles. The van der Waals surface area contributed by atoms with Crippen molar-refractivity contribution in [1.82, 2.24) is 9.80 Å². The number of aliphatic hydroxyl groups excluding tert-OH is 1. The van der Waals surface area contributed by atoms with Gasteiger partial charge in [-0.3, -0.25) is 9.59 Å². The van der Waals surface area contributed by atoms with Crippen LogP contribution in [0.4, 0.5) is 0 Å². The highest BCUT2D eigenvalue weighted by Crippen LogP contribution is 2.41. The summed E-state index contributed by atoms with van der Waals surface area (Å²) in [6, 6.07) is 11.1. The lowest BCUT2D eigenvalue weighted by molar-refractivity contribution is -0.139. The van der Waals surface area contributed by atoms with Crippen molar-refractivity contribution in [2.24, 2.45) is 0 Å². The summed E-state index contributed by atoms with van der Waals surface area (Å²) in [5.74, 6) is -0.619. The molecule has 32 heavy (non-hydrogen) atoms. The average Bonchev–Trinajstić information content (AvgIpc) is 3.03. The minimum absolute atomic E-state index is 0.0225. The van der Waals surface area contributed by atoms with E-state index < -0.39 is 17.7 Å². The van der Waals surface area contributed by atoms with E-state index >= 15 is 0 Å². The lowest BCUT2D eigenvalue weighted by Crippen LogP contribution is -2.32. The second-order valence-electron chi connectivity index (χ2n) is 7.78. The van der Waals surface area contributed by atoms with E-state index in [4.69, 9.17) is 21.1 Å². The number of Topliss-reactive ketones (excluding diaryl/α,β-unsaturated/α-hetero) is 1. The van der Waals surface area contributed by atoms with Crippen molar-refractivity contribution in [2.45, 2.75) is 12.5 Å². The Labute approximate surface area is 192 Å². The number of ketones is 1. The first-order chi connectivity index (χ1) is 15.3. The quantitative estimate of drug-likeness (QED) is 0.369. The Morgan fingerprint density at radius 3 is 2.50 bits per heavy atom. The maximum Gasteiger partial charge on any atom is 0.295 e. The summed E-state index contributed by atoms with van der Waals surface area (Å²) < 4.78 is 10.5. The molecule has 8 heteroatoms. The number of hydrogen-bond donors (Lipinski definition) is 1. The first kappa shape index (κ1) is 23.6. The van der Waals surface area contributed by atoms with Crippen LogP contribution >= 0.6 is 11.6 Å². The standard InChI is InChI=1S/C24H27ClN2O5/c1-26(2)11-6-12-27-21(15-7-5-8-17(13-15)31-3)20(23(29)24(27)30)22(28)16-9-10-19(32-4)18(25)14-16/h5,7-10,13-14,21,28H,6,11-12H2,1-4H3/t21-/m1/s1. The molecule has 1 amide bonds. The summed E-state index contributed by atoms with van der Waals surface area (Å²) in [6.45, 7) is 1.12. The average molecular weight is 459 g/mol. The van der Waals surface area contributed by atoms with Gasteiger partial charge in [-0.05, 0) is 63.0 Å². The van der Waals surface area contributed by atoms with Crippen LogP contribution in [-0.2, 0) is 9.59 Å². The van der Waals surface area contributed by atoms with E-state index in [2.05, 4.69) is 0 Å². The van der Waals surface area contributed by atoms with E-state index in [0.717, 1.165) is 6.54 Å². The number of ether oxygens (including phenoxy) is 2. The van der Waals surface area contributed by atoms with Gasteiger partial charge in [-0.25, -0.2) is 0 Å². The zero-order chi connectivity index (χ0) is 23.4. The molecule has 1 N–H and O–H groups in total. The molecular formula is C24H27ClN2O5. The summed E-state index contributed by atoms with van der Waals surface area (Å²) in [6.07, 6.45) is 0.675. The van der Waals surface area contributed by atoms with E-state index in [1.54, 1.807) is 37.4 Å². The molecule has 0 aliphatic carbocycles. The van der Waals surface area contributed by atoms with Gasteiger partial charge in [0.05, 0.1) is 30.9 Å². The number of carbonyl (C=O) groups excluding carboxylic acids is 2. The monoisotopic (exact) mass is 458 g/mol. The second kappa shape index (κ2) is 10.1. The minimum atomic E-state index is -0.742. The van der Waals surface area contributed by atoms with Crippen LogP contribution in [0.3, 0.4) is 0 Å². The van der Waals surface area contributed by atoms with Crippen molar-refractivity contribution in [3.63, 3.8) is 0 Å². The van der Waals surface area contributed by atoms with Crippen LogP contribution < -0.4 is 9.47 Å². The van der Waals surface area contributed by atoms with Gasteiger partial charge in [0.1, 0.15) is 17.3 Å². The number of halogens is 1. The molecule has 170 valence electrons. The van der Waals surface area contributed by atoms with E-state index in [-0.39, 0.29) is 16.4 Å². The molecule has 3 rings (SSSR count). The van der Waals surface area contributed by atoms with Gasteiger partial charge in [-0.2, -0.15) is 0 Å². The number of rotatable bonds is 8. The molecule has 0 bridgehead atoms. The normalized spacial score (nSPS) is 17.8. The molecule has 1 aliphatic rings. The Bertz CT molecular complexity index is 1050. The molecule has 1 aliphatic heterocycles. The number of likely N-dealkylation sites (tertiary alicyclic amines) is 1. The Kier molecular flexibility index (Phi) is 7.43. The van der Waals surface area contributed by atoms with Gasteiger partial charge in [0, 0.05) is 12.1 Å². The zero-order valence-corrected chi connectivity index (χ0v) is 19.3. The van der Waals surface area contributed by atoms with Crippen molar-refractivity contribution >= 4 is 29.1 Å². The molecule has 7 nitrogen and oxygen atoms in total. The Balaban J connectivity index is 2.12. The number of benzene rings is 2. The summed E-state index contributed by atoms with van der Waals surface area (Å²) in [4.78, 5) is 29.6. The molecule has 2 aromatic rings. The molecule has 1 fully saturated rings. The lowest BCUT2D eigenvalue weighted by atomic mass is 9.95. The molecule has 0 radical (unpaired) electrons. The van der Waals surface area contributed by atoms with Crippen LogP contribution in [0.5, 0.6) is 11.5 Å². The maximum absolute atomic E-state index is 13.1. The third-order valence-corrected chi connectivity index (χ3v) is 5.67. The van der Waals surface area contributed by atoms with Gasteiger partial charge < -0.3 is 24.4 Å². The zero-order valence-electron chi connectivity index (χ0n) is 18.6. The fraction of sp³-hybridized carbons (Fsp3) is 0.333. The predicted molar refractivity (Wildman–Crippen MR) is 123 cm³/mol. The van der Waals surface area contributed by atoms with E-state index in [1.165, 1.54) is 18.1 Å². The van der Waals surface area contributed by atoms with Crippen molar-refractivity contribution < 1.29 is 24.2 Å². The summed E-state index contributed by atoms with van der Waals surface area (Å²) in [5, 5.41) is 11.4. The highest BCUT2D eigenvalue weighted by molar-refractivity contribution is 6.46. The Morgan fingerprint density at radius 2 is 1.88 bits per heavy atom. The molecule has 2 aromatic carbocycles. The largest absolute Gasteiger partial charge is 0.507 e. The minimum Gasteiger partial charge on any atom is -0.507 e. The maximum atomic E-state index is 13.1. The predicted octanol–water partition coefficient (Wildman–Crippen LogP) is 3.73. The van der Waals surface area contributed by atoms with Crippen LogP contribution in [0.25, 0.3) is 5.76 Å². The number of nitrogens with zero attached hydrogens (tertiary/aromatic N) is 2. The van der Waals surface area contributed by atoms with E-state index in [9.17, 15) is 14.7 Å². The van der Waals surface area contributed by atoms with Crippen LogP contribution in [0.1, 0.15) is 23.6 Å². The first-order valence-electron chi connectivity index (χ1n) is 10.2. The van der Waals surface area contributed by atoms with E-state index in [1.807, 2.05) is 25.1 Å². The molecule has 1 saturated heterocycles. The molecule has 0 unspecified atom stereocenters. The van der Waals surface area contributed by atoms with Gasteiger partial charge in [0.25, 0.3) is 11.7 Å². The van der Waals surface area contributed by atoms with Crippen LogP contribution in [0.15, 0.2) is 48.0 Å². The van der Waals surface area contributed by atoms with Gasteiger partial charge in [0.15, 0.2) is 0 Å². The third kappa shape index (κ3) is 4.74. The highest BCUT2D eigenvalue weighted by Gasteiger charge is 2.45. The SMILES string of the molecule is COc1cccc([C@@H]2C(=C(O)c3ccc(OC)c(Cl)c3)C(=O)C(=O)N2CCCN(C)C)c1. The number of aliphatic hydroxyl groups is 1. The van der Waals surface area contributed by atoms with Gasteiger partial charge in [0.2, 0.25) is 0 Å². The topological polar surface area (TPSA) is 79.3 Å². The van der Waals surface area contributed by atoms with Gasteiger partial charge in [-0.1, -0.05) is 23.7 Å². The van der Waals surface area contributed by atoms with Gasteiger partial charge >= 0.3 is 0 Å². The number of carbonyl (C=O) groups is 2.